The average molecular weight is 287 g/mol. The molecule has 0 heterocycles. The van der Waals surface area contributed by atoms with E-state index in [-0.39, 0.29) is 22.9 Å². The molecule has 4 N–H and O–H groups in total. The first-order valence-corrected chi connectivity index (χ1v) is 7.35. The number of amidine groups is 1. The zero-order valence-corrected chi connectivity index (χ0v) is 10.8. The van der Waals surface area contributed by atoms with Crippen LogP contribution in [0.3, 0.4) is 0 Å². The van der Waals surface area contributed by atoms with Crippen LogP contribution in [0.2, 0.25) is 0 Å². The van der Waals surface area contributed by atoms with Gasteiger partial charge in [0, 0.05) is 0 Å². The topological polar surface area (TPSA) is 105 Å². The van der Waals surface area contributed by atoms with E-state index in [0.29, 0.717) is 0 Å². The van der Waals surface area contributed by atoms with Crippen molar-refractivity contribution in [2.45, 2.75) is 12.8 Å². The van der Waals surface area contributed by atoms with Crippen molar-refractivity contribution in [1.29, 1.82) is 0 Å². The van der Waals surface area contributed by atoms with E-state index in [1.165, 1.54) is 12.1 Å². The van der Waals surface area contributed by atoms with Crippen LogP contribution in [0, 0.1) is 11.7 Å². The smallest absolute Gasteiger partial charge is 0.233 e. The lowest BCUT2D eigenvalue weighted by Crippen LogP contribution is -2.23. The predicted molar refractivity (Wildman–Crippen MR) is 69.0 cm³/mol. The third-order valence-corrected chi connectivity index (χ3v) is 4.24. The van der Waals surface area contributed by atoms with Gasteiger partial charge in [0.15, 0.2) is 5.84 Å². The van der Waals surface area contributed by atoms with Gasteiger partial charge in [0.2, 0.25) is 10.0 Å². The first-order valence-electron chi connectivity index (χ1n) is 5.70. The summed E-state index contributed by atoms with van der Waals surface area (Å²) in [6.45, 7) is 0. The molecule has 8 heteroatoms. The van der Waals surface area contributed by atoms with Crippen molar-refractivity contribution in [1.82, 2.24) is 0 Å². The van der Waals surface area contributed by atoms with Gasteiger partial charge in [0.25, 0.3) is 0 Å². The van der Waals surface area contributed by atoms with Crippen LogP contribution in [0.15, 0.2) is 23.4 Å². The number of anilines is 1. The molecular weight excluding hydrogens is 273 g/mol. The predicted octanol–water partition coefficient (Wildman–Crippen LogP) is 1.07. The second kappa shape index (κ2) is 5.04. The number of hydrogen-bond acceptors (Lipinski definition) is 4. The van der Waals surface area contributed by atoms with Gasteiger partial charge in [0.1, 0.15) is 5.82 Å². The molecule has 1 saturated carbocycles. The van der Waals surface area contributed by atoms with Crippen molar-refractivity contribution >= 4 is 21.5 Å². The fraction of sp³-hybridized carbons (Fsp3) is 0.364. The summed E-state index contributed by atoms with van der Waals surface area (Å²) in [5.74, 6) is -1.08. The van der Waals surface area contributed by atoms with Crippen LogP contribution >= 0.6 is 0 Å². The summed E-state index contributed by atoms with van der Waals surface area (Å²) in [6.07, 6.45) is 1.77. The summed E-state index contributed by atoms with van der Waals surface area (Å²) in [5.41, 5.74) is 5.06. The standard InChI is InChI=1S/C11H14FN3O3S/c12-8-2-1-3-9(10(8)11(13)14-16)15-19(17,18)6-7-4-5-7/h1-3,7,15-16H,4-6H2,(H2,13,14). The van der Waals surface area contributed by atoms with E-state index in [1.54, 1.807) is 0 Å². The molecule has 0 spiro atoms. The third-order valence-electron chi connectivity index (χ3n) is 2.79. The molecule has 0 aromatic heterocycles. The average Bonchev–Trinajstić information content (AvgIpc) is 3.11. The van der Waals surface area contributed by atoms with Gasteiger partial charge in [0.05, 0.1) is 17.0 Å². The largest absolute Gasteiger partial charge is 0.409 e. The van der Waals surface area contributed by atoms with E-state index in [4.69, 9.17) is 10.9 Å². The monoisotopic (exact) mass is 287 g/mol. The third kappa shape index (κ3) is 3.34. The van der Waals surface area contributed by atoms with Crippen LogP contribution in [0.4, 0.5) is 10.1 Å². The summed E-state index contributed by atoms with van der Waals surface area (Å²) < 4.78 is 39.6. The Morgan fingerprint density at radius 1 is 1.53 bits per heavy atom. The van der Waals surface area contributed by atoms with Gasteiger partial charge in [-0.25, -0.2) is 12.8 Å². The zero-order chi connectivity index (χ0) is 14.0. The SMILES string of the molecule is NC(=NO)c1c(F)cccc1NS(=O)(=O)CC1CC1. The van der Waals surface area contributed by atoms with Gasteiger partial charge < -0.3 is 10.9 Å². The second-order valence-corrected chi connectivity index (χ2v) is 6.24. The minimum atomic E-state index is -3.56. The Kier molecular flexibility index (Phi) is 3.61. The van der Waals surface area contributed by atoms with E-state index >= 15 is 0 Å². The zero-order valence-electron chi connectivity index (χ0n) is 10.0. The molecule has 1 aromatic rings. The molecule has 6 nitrogen and oxygen atoms in total. The van der Waals surface area contributed by atoms with Gasteiger partial charge in [-0.3, -0.25) is 4.72 Å². The van der Waals surface area contributed by atoms with Crippen molar-refractivity contribution in [2.75, 3.05) is 10.5 Å². The van der Waals surface area contributed by atoms with Crippen LogP contribution in [-0.4, -0.2) is 25.2 Å². The molecule has 1 aromatic carbocycles. The first kappa shape index (κ1) is 13.6. The maximum absolute atomic E-state index is 13.6. The molecule has 104 valence electrons. The van der Waals surface area contributed by atoms with Gasteiger partial charge >= 0.3 is 0 Å². The molecule has 0 aliphatic heterocycles. The molecule has 2 rings (SSSR count). The lowest BCUT2D eigenvalue weighted by Gasteiger charge is -2.12. The summed E-state index contributed by atoms with van der Waals surface area (Å²) >= 11 is 0. The highest BCUT2D eigenvalue weighted by Gasteiger charge is 2.28. The number of rotatable bonds is 5. The summed E-state index contributed by atoms with van der Waals surface area (Å²) in [5, 5.41) is 11.3. The Morgan fingerprint density at radius 3 is 2.79 bits per heavy atom. The highest BCUT2D eigenvalue weighted by molar-refractivity contribution is 7.92. The quantitative estimate of drug-likeness (QED) is 0.326. The molecule has 0 unspecified atom stereocenters. The fourth-order valence-electron chi connectivity index (χ4n) is 1.72. The molecule has 0 bridgehead atoms. The summed E-state index contributed by atoms with van der Waals surface area (Å²) in [4.78, 5) is 0. The molecule has 0 amide bonds. The van der Waals surface area contributed by atoms with Crippen molar-refractivity contribution in [3.05, 3.63) is 29.6 Å². The maximum atomic E-state index is 13.6. The van der Waals surface area contributed by atoms with Crippen molar-refractivity contribution in [3.8, 4) is 0 Å². The van der Waals surface area contributed by atoms with Gasteiger partial charge in [-0.15, -0.1) is 0 Å². The van der Waals surface area contributed by atoms with E-state index in [1.807, 2.05) is 0 Å². The number of nitrogens with zero attached hydrogens (tertiary/aromatic N) is 1. The number of oxime groups is 1. The first-order chi connectivity index (χ1) is 8.93. The van der Waals surface area contributed by atoms with Crippen molar-refractivity contribution in [3.63, 3.8) is 0 Å². The summed E-state index contributed by atoms with van der Waals surface area (Å²) in [6, 6.07) is 3.81. The molecule has 19 heavy (non-hydrogen) atoms. The van der Waals surface area contributed by atoms with E-state index in [0.717, 1.165) is 18.9 Å². The Labute approximate surface area is 110 Å². The minimum Gasteiger partial charge on any atom is -0.409 e. The number of hydrogen-bond donors (Lipinski definition) is 3. The molecule has 1 aliphatic rings. The Bertz CT molecular complexity index is 612. The number of halogens is 1. The molecular formula is C11H14FN3O3S. The normalized spacial score (nSPS) is 16.4. The van der Waals surface area contributed by atoms with Crippen LogP contribution in [0.1, 0.15) is 18.4 Å². The molecule has 0 radical (unpaired) electrons. The van der Waals surface area contributed by atoms with Gasteiger partial charge in [-0.1, -0.05) is 11.2 Å². The van der Waals surface area contributed by atoms with E-state index < -0.39 is 21.7 Å². The van der Waals surface area contributed by atoms with Crippen molar-refractivity contribution < 1.29 is 18.0 Å². The Morgan fingerprint density at radius 2 is 2.21 bits per heavy atom. The second-order valence-electron chi connectivity index (χ2n) is 4.47. The van der Waals surface area contributed by atoms with Crippen LogP contribution in [0.5, 0.6) is 0 Å². The lowest BCUT2D eigenvalue weighted by molar-refractivity contribution is 0.318. The number of sulfonamides is 1. The van der Waals surface area contributed by atoms with Gasteiger partial charge in [-0.05, 0) is 30.9 Å². The fourth-order valence-corrected chi connectivity index (χ4v) is 3.27. The molecule has 0 saturated heterocycles. The Balaban J connectivity index is 2.31. The summed E-state index contributed by atoms with van der Waals surface area (Å²) in [7, 11) is -3.56. The number of benzene rings is 1. The van der Waals surface area contributed by atoms with Crippen LogP contribution in [0.25, 0.3) is 0 Å². The molecule has 1 fully saturated rings. The van der Waals surface area contributed by atoms with Crippen molar-refractivity contribution in [2.24, 2.45) is 16.8 Å². The maximum Gasteiger partial charge on any atom is 0.233 e. The van der Waals surface area contributed by atoms with E-state index in [2.05, 4.69) is 9.88 Å². The van der Waals surface area contributed by atoms with Gasteiger partial charge in [-0.2, -0.15) is 0 Å². The number of nitrogens with one attached hydrogen (secondary N) is 1. The highest BCUT2D eigenvalue weighted by Crippen LogP contribution is 2.31. The highest BCUT2D eigenvalue weighted by atomic mass is 32.2. The van der Waals surface area contributed by atoms with E-state index in [9.17, 15) is 12.8 Å². The minimum absolute atomic E-state index is 0.000867. The molecule has 1 aliphatic carbocycles. The Hall–Kier alpha value is -1.83. The van der Waals surface area contributed by atoms with Crippen LogP contribution in [-0.2, 0) is 10.0 Å². The number of nitrogens with two attached hydrogens (primary N) is 1. The molecule has 0 atom stereocenters. The van der Waals surface area contributed by atoms with Crippen LogP contribution < -0.4 is 10.5 Å². The lowest BCUT2D eigenvalue weighted by atomic mass is 10.1.